The van der Waals surface area contributed by atoms with Gasteiger partial charge in [0.1, 0.15) is 11.5 Å². The van der Waals surface area contributed by atoms with Crippen LogP contribution in [0.1, 0.15) is 0 Å². The molecule has 7 aromatic rings. The van der Waals surface area contributed by atoms with Gasteiger partial charge >= 0.3 is 0 Å². The largest absolute Gasteiger partial charge is 0.456 e. The average Bonchev–Trinajstić information content (AvgIpc) is 2.91. The molecule has 7 aromatic carbocycles. The minimum atomic E-state index is 0.913. The Kier molecular flexibility index (Phi) is 3.72. The first-order valence-corrected chi connectivity index (χ1v) is 12.0. The van der Waals surface area contributed by atoms with Crippen LogP contribution in [0.2, 0.25) is 0 Å². The fourth-order valence-electron chi connectivity index (χ4n) is 5.77. The summed E-state index contributed by atoms with van der Waals surface area (Å²) in [6, 6.07) is 43.7. The number of fused-ring (bicyclic) bond motifs is 6. The molecule has 0 saturated heterocycles. The predicted molar refractivity (Wildman–Crippen MR) is 147 cm³/mol. The Labute approximate surface area is 202 Å². The maximum atomic E-state index is 6.47. The molecule has 0 N–H and O–H groups in total. The number of ether oxygens (including phenoxy) is 1. The van der Waals surface area contributed by atoms with Crippen molar-refractivity contribution in [2.75, 3.05) is 0 Å². The highest BCUT2D eigenvalue weighted by Gasteiger charge is 2.20. The molecule has 0 unspecified atom stereocenters. The first-order chi connectivity index (χ1) is 17.3. The van der Waals surface area contributed by atoms with E-state index in [1.54, 1.807) is 0 Å². The highest BCUT2D eigenvalue weighted by Crippen LogP contribution is 2.48. The Morgan fingerprint density at radius 3 is 1.91 bits per heavy atom. The molecule has 0 saturated carbocycles. The van der Waals surface area contributed by atoms with Crippen LogP contribution < -0.4 is 4.74 Å². The molecule has 0 aliphatic carbocycles. The molecular formula is C34H20O. The third-order valence-electron chi connectivity index (χ3n) is 7.40. The molecule has 0 spiro atoms. The summed E-state index contributed by atoms with van der Waals surface area (Å²) in [4.78, 5) is 0. The molecule has 0 atom stereocenters. The SMILES string of the molecule is c1ccc2cc3c(ccc4cccc(-c5ccc6c(c5)Oc5cccc7cccc-6c57)c43)cc2c1. The minimum absolute atomic E-state index is 0.913. The molecule has 0 aromatic heterocycles. The van der Waals surface area contributed by atoms with Crippen LogP contribution in [-0.4, -0.2) is 0 Å². The van der Waals surface area contributed by atoms with E-state index in [9.17, 15) is 0 Å². The molecule has 1 aliphatic heterocycles. The zero-order valence-electron chi connectivity index (χ0n) is 19.0. The third-order valence-corrected chi connectivity index (χ3v) is 7.40. The fraction of sp³-hybridized carbons (Fsp3) is 0. The second-order valence-electron chi connectivity index (χ2n) is 9.36. The number of benzene rings is 7. The van der Waals surface area contributed by atoms with E-state index in [4.69, 9.17) is 4.74 Å². The summed E-state index contributed by atoms with van der Waals surface area (Å²) >= 11 is 0. The van der Waals surface area contributed by atoms with Crippen LogP contribution in [0, 0.1) is 0 Å². The summed E-state index contributed by atoms with van der Waals surface area (Å²) in [5, 5.41) is 10.0. The Hall–Kier alpha value is -4.62. The second kappa shape index (κ2) is 6.94. The van der Waals surface area contributed by atoms with Crippen molar-refractivity contribution in [2.24, 2.45) is 0 Å². The van der Waals surface area contributed by atoms with Crippen molar-refractivity contribution in [1.29, 1.82) is 0 Å². The van der Waals surface area contributed by atoms with E-state index in [1.807, 2.05) is 0 Å². The van der Waals surface area contributed by atoms with Crippen molar-refractivity contribution in [3.63, 3.8) is 0 Å². The highest BCUT2D eigenvalue weighted by atomic mass is 16.5. The highest BCUT2D eigenvalue weighted by molar-refractivity contribution is 6.17. The van der Waals surface area contributed by atoms with E-state index >= 15 is 0 Å². The van der Waals surface area contributed by atoms with Crippen LogP contribution in [0.3, 0.4) is 0 Å². The van der Waals surface area contributed by atoms with E-state index in [-0.39, 0.29) is 0 Å². The van der Waals surface area contributed by atoms with Gasteiger partial charge in [0.15, 0.2) is 0 Å². The van der Waals surface area contributed by atoms with Crippen molar-refractivity contribution < 1.29 is 4.74 Å². The van der Waals surface area contributed by atoms with Gasteiger partial charge in [-0.2, -0.15) is 0 Å². The van der Waals surface area contributed by atoms with Gasteiger partial charge in [-0.15, -0.1) is 0 Å². The molecule has 1 heterocycles. The van der Waals surface area contributed by atoms with Gasteiger partial charge < -0.3 is 4.74 Å². The predicted octanol–water partition coefficient (Wildman–Crippen LogP) is 9.74. The van der Waals surface area contributed by atoms with Gasteiger partial charge in [-0.25, -0.2) is 0 Å². The lowest BCUT2D eigenvalue weighted by Crippen LogP contribution is -1.97. The van der Waals surface area contributed by atoms with Gasteiger partial charge in [0.05, 0.1) is 0 Å². The smallest absolute Gasteiger partial charge is 0.135 e. The summed E-state index contributed by atoms with van der Waals surface area (Å²) < 4.78 is 6.47. The lowest BCUT2D eigenvalue weighted by Gasteiger charge is -2.22. The zero-order valence-corrected chi connectivity index (χ0v) is 19.0. The lowest BCUT2D eigenvalue weighted by atomic mass is 9.90. The Morgan fingerprint density at radius 2 is 1.06 bits per heavy atom. The summed E-state index contributed by atoms with van der Waals surface area (Å²) in [6.45, 7) is 0. The molecule has 0 bridgehead atoms. The van der Waals surface area contributed by atoms with Crippen LogP contribution in [0.5, 0.6) is 11.5 Å². The van der Waals surface area contributed by atoms with Crippen LogP contribution in [-0.2, 0) is 0 Å². The number of rotatable bonds is 1. The molecule has 1 aliphatic rings. The average molecular weight is 445 g/mol. The number of hydrogen-bond donors (Lipinski definition) is 0. The maximum absolute atomic E-state index is 6.47. The van der Waals surface area contributed by atoms with Crippen LogP contribution in [0.4, 0.5) is 0 Å². The van der Waals surface area contributed by atoms with Gasteiger partial charge in [0, 0.05) is 10.9 Å². The lowest BCUT2D eigenvalue weighted by molar-refractivity contribution is 0.487. The van der Waals surface area contributed by atoms with Gasteiger partial charge in [0.25, 0.3) is 0 Å². The number of hydrogen-bond acceptors (Lipinski definition) is 1. The first-order valence-electron chi connectivity index (χ1n) is 12.0. The molecule has 0 radical (unpaired) electrons. The quantitative estimate of drug-likeness (QED) is 0.181. The van der Waals surface area contributed by atoms with Crippen LogP contribution in [0.15, 0.2) is 121 Å². The molecule has 0 amide bonds. The van der Waals surface area contributed by atoms with E-state index in [0.29, 0.717) is 0 Å². The van der Waals surface area contributed by atoms with Crippen molar-refractivity contribution in [2.45, 2.75) is 0 Å². The molecule has 1 heteroatoms. The summed E-state index contributed by atoms with van der Waals surface area (Å²) in [6.07, 6.45) is 0. The van der Waals surface area contributed by atoms with Crippen molar-refractivity contribution in [3.8, 4) is 33.8 Å². The van der Waals surface area contributed by atoms with E-state index < -0.39 is 0 Å². The molecular weight excluding hydrogens is 424 g/mol. The summed E-state index contributed by atoms with van der Waals surface area (Å²) in [5.74, 6) is 1.84. The third kappa shape index (κ3) is 2.70. The molecule has 8 rings (SSSR count). The normalized spacial score (nSPS) is 12.2. The Balaban J connectivity index is 1.39. The van der Waals surface area contributed by atoms with Crippen molar-refractivity contribution in [1.82, 2.24) is 0 Å². The first kappa shape index (κ1) is 18.8. The molecule has 35 heavy (non-hydrogen) atoms. The van der Waals surface area contributed by atoms with E-state index in [0.717, 1.165) is 17.1 Å². The van der Waals surface area contributed by atoms with E-state index in [2.05, 4.69) is 121 Å². The Morgan fingerprint density at radius 1 is 0.371 bits per heavy atom. The molecule has 162 valence electrons. The summed E-state index contributed by atoms with van der Waals surface area (Å²) in [7, 11) is 0. The van der Waals surface area contributed by atoms with Gasteiger partial charge in [-0.3, -0.25) is 0 Å². The fourth-order valence-corrected chi connectivity index (χ4v) is 5.77. The zero-order chi connectivity index (χ0) is 22.9. The molecule has 0 fully saturated rings. The second-order valence-corrected chi connectivity index (χ2v) is 9.36. The van der Waals surface area contributed by atoms with Gasteiger partial charge in [0.2, 0.25) is 0 Å². The standard InChI is InChI=1S/C34H20O/c1-2-7-24-19-30-25(18-23(24)6-1)15-14-22-9-3-11-27(33(22)30)26-16-17-28-29-12-4-8-21-10-5-13-31(34(21)29)35-32(28)20-26/h1-20H. The van der Waals surface area contributed by atoms with E-state index in [1.165, 1.54) is 59.8 Å². The topological polar surface area (TPSA) is 9.23 Å². The molecule has 1 nitrogen and oxygen atoms in total. The Bertz CT molecular complexity index is 1970. The monoisotopic (exact) mass is 444 g/mol. The van der Waals surface area contributed by atoms with Gasteiger partial charge in [-0.1, -0.05) is 91.0 Å². The summed E-state index contributed by atoms with van der Waals surface area (Å²) in [5.41, 5.74) is 4.78. The minimum Gasteiger partial charge on any atom is -0.456 e. The van der Waals surface area contributed by atoms with Crippen LogP contribution >= 0.6 is 0 Å². The van der Waals surface area contributed by atoms with Crippen LogP contribution in [0.25, 0.3) is 65.3 Å². The van der Waals surface area contributed by atoms with Gasteiger partial charge in [-0.05, 0) is 84.7 Å². The van der Waals surface area contributed by atoms with Crippen molar-refractivity contribution in [3.05, 3.63) is 121 Å². The maximum Gasteiger partial charge on any atom is 0.135 e. The van der Waals surface area contributed by atoms with Crippen molar-refractivity contribution >= 4 is 43.1 Å².